The van der Waals surface area contributed by atoms with Crippen LogP contribution in [0.2, 0.25) is 0 Å². The lowest BCUT2D eigenvalue weighted by molar-refractivity contribution is -0.350. The van der Waals surface area contributed by atoms with Gasteiger partial charge in [0, 0.05) is 14.2 Å². The van der Waals surface area contributed by atoms with Gasteiger partial charge in [0.1, 0.15) is 48.8 Å². The molecule has 27 heavy (non-hydrogen) atoms. The van der Waals surface area contributed by atoms with Gasteiger partial charge in [0.05, 0.1) is 13.2 Å². The van der Waals surface area contributed by atoms with E-state index in [0.717, 1.165) is 4.90 Å². The third-order valence-electron chi connectivity index (χ3n) is 4.83. The number of carbonyl (C=O) groups excluding carboxylic acids is 1. The van der Waals surface area contributed by atoms with Crippen LogP contribution < -0.4 is 0 Å². The van der Waals surface area contributed by atoms with E-state index in [-0.39, 0.29) is 0 Å². The van der Waals surface area contributed by atoms with Crippen molar-refractivity contribution in [1.82, 2.24) is 4.90 Å². The van der Waals surface area contributed by atoms with Crippen LogP contribution >= 0.6 is 0 Å². The molecule has 10 atom stereocenters. The minimum Gasteiger partial charge on any atom is -0.394 e. The zero-order valence-electron chi connectivity index (χ0n) is 14.9. The number of nitrogens with zero attached hydrogens (tertiary/aromatic N) is 1. The summed E-state index contributed by atoms with van der Waals surface area (Å²) in [5.74, 6) is 0. The Bertz CT molecular complexity index is 481. The van der Waals surface area contributed by atoms with Crippen LogP contribution in [0.25, 0.3) is 0 Å². The number of methoxy groups -OCH3 is 1. The van der Waals surface area contributed by atoms with Gasteiger partial charge in [-0.05, 0) is 0 Å². The molecule has 12 nitrogen and oxygen atoms in total. The average Bonchev–Trinajstić information content (AvgIpc) is 2.68. The Morgan fingerprint density at radius 2 is 1.52 bits per heavy atom. The molecule has 0 bridgehead atoms. The molecule has 158 valence electrons. The predicted octanol–water partition coefficient (Wildman–Crippen LogP) is -4.65. The van der Waals surface area contributed by atoms with E-state index in [1.807, 2.05) is 0 Å². The number of hydrogen-bond acceptors (Lipinski definition) is 11. The SMILES string of the molecule is CO[C@@H]1OC(CO)[C@@H](O[C@@H]2OC(CO)[C@H](O)[C@H](O)C2O)[C@H](O)C1N(C)C=O. The van der Waals surface area contributed by atoms with Gasteiger partial charge in [-0.1, -0.05) is 0 Å². The number of amides is 1. The molecule has 2 aliphatic rings. The molecule has 1 amide bonds. The maximum Gasteiger partial charge on any atom is 0.209 e. The monoisotopic (exact) mass is 397 g/mol. The van der Waals surface area contributed by atoms with E-state index >= 15 is 0 Å². The number of ether oxygens (including phenoxy) is 4. The van der Waals surface area contributed by atoms with Crippen molar-refractivity contribution in [3.8, 4) is 0 Å². The molecule has 0 spiro atoms. The Morgan fingerprint density at radius 1 is 0.926 bits per heavy atom. The number of hydrogen-bond donors (Lipinski definition) is 6. The molecule has 0 aromatic rings. The van der Waals surface area contributed by atoms with Gasteiger partial charge in [-0.2, -0.15) is 0 Å². The number of rotatable bonds is 7. The van der Waals surface area contributed by atoms with Crippen LogP contribution in [0.3, 0.4) is 0 Å². The number of aliphatic hydroxyl groups excluding tert-OH is 6. The summed E-state index contributed by atoms with van der Waals surface area (Å²) in [6, 6.07) is -0.995. The number of aliphatic hydroxyl groups is 6. The fraction of sp³-hybridized carbons (Fsp3) is 0.933. The quantitative estimate of drug-likeness (QED) is 0.228. The van der Waals surface area contributed by atoms with E-state index in [2.05, 4.69) is 0 Å². The van der Waals surface area contributed by atoms with Crippen molar-refractivity contribution in [3.05, 3.63) is 0 Å². The highest BCUT2D eigenvalue weighted by Gasteiger charge is 2.51. The van der Waals surface area contributed by atoms with Crippen LogP contribution in [0, 0.1) is 0 Å². The molecular weight excluding hydrogens is 370 g/mol. The van der Waals surface area contributed by atoms with Crippen LogP contribution in [0.4, 0.5) is 0 Å². The third-order valence-corrected chi connectivity index (χ3v) is 4.83. The van der Waals surface area contributed by atoms with Crippen molar-refractivity contribution in [2.45, 2.75) is 61.3 Å². The second-order valence-corrected chi connectivity index (χ2v) is 6.51. The summed E-state index contributed by atoms with van der Waals surface area (Å²) in [4.78, 5) is 12.2. The zero-order valence-corrected chi connectivity index (χ0v) is 14.9. The smallest absolute Gasteiger partial charge is 0.209 e. The van der Waals surface area contributed by atoms with Gasteiger partial charge in [-0.3, -0.25) is 4.79 Å². The Labute approximate surface area is 155 Å². The first kappa shape index (κ1) is 22.4. The molecule has 4 unspecified atom stereocenters. The molecule has 0 radical (unpaired) electrons. The largest absolute Gasteiger partial charge is 0.394 e. The van der Waals surface area contributed by atoms with Crippen molar-refractivity contribution in [1.29, 1.82) is 0 Å². The van der Waals surface area contributed by atoms with E-state index < -0.39 is 74.6 Å². The molecule has 2 heterocycles. The van der Waals surface area contributed by atoms with Crippen LogP contribution in [0.1, 0.15) is 0 Å². The predicted molar refractivity (Wildman–Crippen MR) is 85.0 cm³/mol. The summed E-state index contributed by atoms with van der Waals surface area (Å²) in [6.45, 7) is -1.24. The van der Waals surface area contributed by atoms with Gasteiger partial charge in [0.15, 0.2) is 12.6 Å². The van der Waals surface area contributed by atoms with Crippen LogP contribution in [-0.2, 0) is 23.7 Å². The molecule has 2 saturated heterocycles. The van der Waals surface area contributed by atoms with Crippen molar-refractivity contribution in [3.63, 3.8) is 0 Å². The zero-order chi connectivity index (χ0) is 20.3. The fourth-order valence-corrected chi connectivity index (χ4v) is 3.25. The standard InChI is InChI=1S/C15H27NO11/c1-16(5-19)8-10(21)13(7(4-18)26-14(8)24-2)27-15-12(23)11(22)9(20)6(3-17)25-15/h5-15,17-18,20-23H,3-4H2,1-2H3/t6?,7?,8?,9-,10+,11-,12?,13+,14+,15-/m0/s1. The minimum absolute atomic E-state index is 0.452. The molecule has 0 aromatic carbocycles. The topological polar surface area (TPSA) is 179 Å². The van der Waals surface area contributed by atoms with Crippen LogP contribution in [0.5, 0.6) is 0 Å². The van der Waals surface area contributed by atoms with E-state index in [1.165, 1.54) is 14.2 Å². The summed E-state index contributed by atoms with van der Waals surface area (Å²) in [6.07, 6.45) is -12.1. The van der Waals surface area contributed by atoms with Gasteiger partial charge in [-0.15, -0.1) is 0 Å². The summed E-state index contributed by atoms with van der Waals surface area (Å²) in [5, 5.41) is 59.3. The lowest BCUT2D eigenvalue weighted by Gasteiger charge is -2.48. The number of carbonyl (C=O) groups is 1. The van der Waals surface area contributed by atoms with E-state index in [9.17, 15) is 35.4 Å². The highest BCUT2D eigenvalue weighted by atomic mass is 16.7. The fourth-order valence-electron chi connectivity index (χ4n) is 3.25. The Balaban J connectivity index is 2.22. The van der Waals surface area contributed by atoms with Crippen molar-refractivity contribution in [2.75, 3.05) is 27.4 Å². The van der Waals surface area contributed by atoms with Gasteiger partial charge >= 0.3 is 0 Å². The molecule has 0 aliphatic carbocycles. The summed E-state index contributed by atoms with van der Waals surface area (Å²) in [7, 11) is 2.69. The molecule has 0 saturated carbocycles. The normalized spacial score (nSPS) is 45.5. The Hall–Kier alpha value is -0.930. The number of likely N-dealkylation sites (N-methyl/N-ethyl adjacent to an activating group) is 1. The molecule has 2 aliphatic heterocycles. The second-order valence-electron chi connectivity index (χ2n) is 6.51. The summed E-state index contributed by atoms with van der Waals surface area (Å²) < 4.78 is 21.4. The highest BCUT2D eigenvalue weighted by Crippen LogP contribution is 2.30. The van der Waals surface area contributed by atoms with Crippen molar-refractivity contribution in [2.24, 2.45) is 0 Å². The first-order chi connectivity index (χ1) is 12.8. The van der Waals surface area contributed by atoms with Crippen molar-refractivity contribution >= 4 is 6.41 Å². The van der Waals surface area contributed by atoms with E-state index in [4.69, 9.17) is 18.9 Å². The first-order valence-electron chi connectivity index (χ1n) is 8.41. The van der Waals surface area contributed by atoms with E-state index in [1.54, 1.807) is 0 Å². The van der Waals surface area contributed by atoms with Crippen LogP contribution in [-0.4, -0.2) is 131 Å². The van der Waals surface area contributed by atoms with Gasteiger partial charge in [0.2, 0.25) is 6.41 Å². The third kappa shape index (κ3) is 4.40. The summed E-state index contributed by atoms with van der Waals surface area (Å²) in [5.41, 5.74) is 0. The van der Waals surface area contributed by atoms with Gasteiger partial charge in [0.25, 0.3) is 0 Å². The van der Waals surface area contributed by atoms with Gasteiger partial charge < -0.3 is 54.5 Å². The van der Waals surface area contributed by atoms with Gasteiger partial charge in [-0.25, -0.2) is 0 Å². The molecule has 2 fully saturated rings. The summed E-state index contributed by atoms with van der Waals surface area (Å²) >= 11 is 0. The maximum atomic E-state index is 11.1. The molecule has 2 rings (SSSR count). The van der Waals surface area contributed by atoms with Crippen molar-refractivity contribution < 1.29 is 54.4 Å². The minimum atomic E-state index is -1.70. The molecule has 6 N–H and O–H groups in total. The maximum absolute atomic E-state index is 11.1. The Kier molecular flexibility index (Phi) is 7.88. The second kappa shape index (κ2) is 9.52. The molecular formula is C15H27NO11. The highest BCUT2D eigenvalue weighted by molar-refractivity contribution is 5.47. The average molecular weight is 397 g/mol. The lowest BCUT2D eigenvalue weighted by atomic mass is 9.95. The van der Waals surface area contributed by atoms with Crippen LogP contribution in [0.15, 0.2) is 0 Å². The lowest BCUT2D eigenvalue weighted by Crippen LogP contribution is -2.67. The van der Waals surface area contributed by atoms with E-state index in [0.29, 0.717) is 6.41 Å². The molecule has 12 heteroatoms. The first-order valence-corrected chi connectivity index (χ1v) is 8.41. The Morgan fingerprint density at radius 3 is 2.04 bits per heavy atom. The molecule has 0 aromatic heterocycles.